The van der Waals surface area contributed by atoms with E-state index in [1.54, 1.807) is 22.8 Å². The standard InChI is InChI=1S/C10H17N5O/c1-13(2)7-4-9(16)15(5-7)10-8(11)6-14(3)12-10/h6-7H,4-5,11H2,1-3H3/t7-/m0/s1. The molecule has 0 saturated carbocycles. The molecule has 6 heteroatoms. The third-order valence-corrected chi connectivity index (χ3v) is 2.93. The van der Waals surface area contributed by atoms with Gasteiger partial charge in [0, 0.05) is 32.3 Å². The Hall–Kier alpha value is -1.56. The number of aromatic nitrogens is 2. The first kappa shape index (κ1) is 10.9. The second-order valence-electron chi connectivity index (χ2n) is 4.41. The van der Waals surface area contributed by atoms with Crippen LogP contribution in [-0.2, 0) is 11.8 Å². The highest BCUT2D eigenvalue weighted by atomic mass is 16.2. The Bertz CT molecular complexity index is 411. The molecule has 1 amide bonds. The van der Waals surface area contributed by atoms with E-state index in [1.165, 1.54) is 0 Å². The van der Waals surface area contributed by atoms with E-state index in [2.05, 4.69) is 10.00 Å². The number of nitrogens with zero attached hydrogens (tertiary/aromatic N) is 4. The molecule has 0 aliphatic carbocycles. The molecule has 1 fully saturated rings. The minimum Gasteiger partial charge on any atom is -0.394 e. The first-order valence-electron chi connectivity index (χ1n) is 5.25. The Morgan fingerprint density at radius 2 is 2.25 bits per heavy atom. The number of nitrogens with two attached hydrogens (primary N) is 1. The highest BCUT2D eigenvalue weighted by Gasteiger charge is 2.33. The fourth-order valence-corrected chi connectivity index (χ4v) is 1.94. The van der Waals surface area contributed by atoms with Crippen LogP contribution in [0.15, 0.2) is 6.20 Å². The van der Waals surface area contributed by atoms with E-state index in [-0.39, 0.29) is 11.9 Å². The number of hydrogen-bond acceptors (Lipinski definition) is 4. The van der Waals surface area contributed by atoms with E-state index in [1.807, 2.05) is 14.1 Å². The SMILES string of the molecule is CN(C)[C@H]1CC(=O)N(c2nn(C)cc2N)C1. The van der Waals surface area contributed by atoms with E-state index < -0.39 is 0 Å². The van der Waals surface area contributed by atoms with Gasteiger partial charge in [-0.05, 0) is 14.1 Å². The number of likely N-dealkylation sites (N-methyl/N-ethyl adjacent to an activating group) is 1. The van der Waals surface area contributed by atoms with Crippen LogP contribution in [0.2, 0.25) is 0 Å². The number of anilines is 2. The van der Waals surface area contributed by atoms with Gasteiger partial charge in [0.25, 0.3) is 0 Å². The van der Waals surface area contributed by atoms with E-state index in [9.17, 15) is 4.79 Å². The van der Waals surface area contributed by atoms with Crippen molar-refractivity contribution in [1.82, 2.24) is 14.7 Å². The number of rotatable bonds is 2. The van der Waals surface area contributed by atoms with Crippen LogP contribution in [0.3, 0.4) is 0 Å². The Morgan fingerprint density at radius 1 is 1.56 bits per heavy atom. The lowest BCUT2D eigenvalue weighted by atomic mass is 10.2. The molecule has 1 aliphatic heterocycles. The van der Waals surface area contributed by atoms with Crippen LogP contribution in [0, 0.1) is 0 Å². The number of hydrogen-bond donors (Lipinski definition) is 1. The number of carbonyl (C=O) groups is 1. The summed E-state index contributed by atoms with van der Waals surface area (Å²) >= 11 is 0. The van der Waals surface area contributed by atoms with Gasteiger partial charge in [-0.25, -0.2) is 0 Å². The molecule has 88 valence electrons. The molecule has 0 spiro atoms. The number of amides is 1. The minimum atomic E-state index is 0.0871. The summed E-state index contributed by atoms with van der Waals surface area (Å²) in [6.45, 7) is 0.660. The lowest BCUT2D eigenvalue weighted by molar-refractivity contribution is -0.117. The topological polar surface area (TPSA) is 67.4 Å². The van der Waals surface area contributed by atoms with Crippen molar-refractivity contribution >= 4 is 17.4 Å². The van der Waals surface area contributed by atoms with Crippen molar-refractivity contribution in [3.05, 3.63) is 6.20 Å². The summed E-state index contributed by atoms with van der Waals surface area (Å²) in [5.74, 6) is 0.668. The first-order chi connectivity index (χ1) is 7.49. The van der Waals surface area contributed by atoms with Crippen LogP contribution < -0.4 is 10.6 Å². The summed E-state index contributed by atoms with van der Waals surface area (Å²) in [6.07, 6.45) is 2.24. The third kappa shape index (κ3) is 1.76. The van der Waals surface area contributed by atoms with Gasteiger partial charge >= 0.3 is 0 Å². The van der Waals surface area contributed by atoms with Gasteiger partial charge in [-0.2, -0.15) is 5.10 Å². The molecular weight excluding hydrogens is 206 g/mol. The largest absolute Gasteiger partial charge is 0.394 e. The van der Waals surface area contributed by atoms with Gasteiger partial charge in [0.2, 0.25) is 5.91 Å². The third-order valence-electron chi connectivity index (χ3n) is 2.93. The summed E-state index contributed by atoms with van der Waals surface area (Å²) < 4.78 is 1.63. The molecule has 1 aliphatic rings. The van der Waals surface area contributed by atoms with E-state index in [0.29, 0.717) is 24.5 Å². The zero-order valence-corrected chi connectivity index (χ0v) is 9.84. The van der Waals surface area contributed by atoms with Crippen molar-refractivity contribution in [2.75, 3.05) is 31.3 Å². The molecule has 1 aromatic rings. The normalized spacial score (nSPS) is 21.1. The predicted octanol–water partition coefficient (Wildman–Crippen LogP) is -0.331. The molecule has 0 radical (unpaired) electrons. The number of aryl methyl sites for hydroxylation is 1. The summed E-state index contributed by atoms with van der Waals surface area (Å²) in [5, 5.41) is 4.21. The predicted molar refractivity (Wildman–Crippen MR) is 62.1 cm³/mol. The zero-order chi connectivity index (χ0) is 11.9. The molecule has 0 aromatic carbocycles. The molecule has 1 saturated heterocycles. The van der Waals surface area contributed by atoms with Crippen LogP contribution in [-0.4, -0.2) is 47.3 Å². The summed E-state index contributed by atoms with van der Waals surface area (Å²) in [7, 11) is 5.75. The van der Waals surface area contributed by atoms with Crippen molar-refractivity contribution in [2.24, 2.45) is 7.05 Å². The van der Waals surface area contributed by atoms with Gasteiger partial charge in [0.05, 0.1) is 5.69 Å². The Balaban J connectivity index is 2.23. The molecule has 6 nitrogen and oxygen atoms in total. The van der Waals surface area contributed by atoms with E-state index in [4.69, 9.17) is 5.73 Å². The fourth-order valence-electron chi connectivity index (χ4n) is 1.94. The molecule has 2 N–H and O–H groups in total. The van der Waals surface area contributed by atoms with Crippen molar-refractivity contribution in [2.45, 2.75) is 12.5 Å². The average Bonchev–Trinajstić information content (AvgIpc) is 2.69. The first-order valence-corrected chi connectivity index (χ1v) is 5.25. The minimum absolute atomic E-state index is 0.0871. The highest BCUT2D eigenvalue weighted by Crippen LogP contribution is 2.26. The summed E-state index contributed by atoms with van der Waals surface area (Å²) in [5.41, 5.74) is 6.37. The van der Waals surface area contributed by atoms with Crippen molar-refractivity contribution in [1.29, 1.82) is 0 Å². The second kappa shape index (κ2) is 3.79. The van der Waals surface area contributed by atoms with Gasteiger partial charge in [-0.1, -0.05) is 0 Å². The fraction of sp³-hybridized carbons (Fsp3) is 0.600. The molecule has 1 atom stereocenters. The van der Waals surface area contributed by atoms with Gasteiger partial charge in [-0.3, -0.25) is 14.4 Å². The molecular formula is C10H17N5O. The van der Waals surface area contributed by atoms with Crippen LogP contribution in [0.1, 0.15) is 6.42 Å². The molecule has 2 rings (SSSR count). The molecule has 0 unspecified atom stereocenters. The van der Waals surface area contributed by atoms with Crippen LogP contribution in [0.5, 0.6) is 0 Å². The van der Waals surface area contributed by atoms with E-state index in [0.717, 1.165) is 0 Å². The zero-order valence-electron chi connectivity index (χ0n) is 9.84. The Labute approximate surface area is 94.6 Å². The quantitative estimate of drug-likeness (QED) is 0.745. The summed E-state index contributed by atoms with van der Waals surface area (Å²) in [4.78, 5) is 15.6. The second-order valence-corrected chi connectivity index (χ2v) is 4.41. The monoisotopic (exact) mass is 223 g/mol. The van der Waals surface area contributed by atoms with Gasteiger partial charge in [0.15, 0.2) is 5.82 Å². The van der Waals surface area contributed by atoms with Crippen molar-refractivity contribution < 1.29 is 4.79 Å². The van der Waals surface area contributed by atoms with Gasteiger partial charge < -0.3 is 10.6 Å². The molecule has 1 aromatic heterocycles. The maximum Gasteiger partial charge on any atom is 0.229 e. The smallest absolute Gasteiger partial charge is 0.229 e. The number of nitrogen functional groups attached to an aromatic ring is 1. The van der Waals surface area contributed by atoms with Crippen molar-refractivity contribution in [3.8, 4) is 0 Å². The average molecular weight is 223 g/mol. The molecule has 0 bridgehead atoms. The molecule has 16 heavy (non-hydrogen) atoms. The maximum absolute atomic E-state index is 11.8. The Morgan fingerprint density at radius 3 is 2.69 bits per heavy atom. The van der Waals surface area contributed by atoms with Gasteiger partial charge in [-0.15, -0.1) is 0 Å². The highest BCUT2D eigenvalue weighted by molar-refractivity contribution is 5.97. The van der Waals surface area contributed by atoms with Crippen LogP contribution in [0.4, 0.5) is 11.5 Å². The lowest BCUT2D eigenvalue weighted by Gasteiger charge is -2.18. The van der Waals surface area contributed by atoms with Crippen LogP contribution >= 0.6 is 0 Å². The summed E-state index contributed by atoms with van der Waals surface area (Å²) in [6, 6.07) is 0.244. The number of carbonyl (C=O) groups excluding carboxylic acids is 1. The lowest BCUT2D eigenvalue weighted by Crippen LogP contribution is -2.32. The van der Waals surface area contributed by atoms with Crippen molar-refractivity contribution in [3.63, 3.8) is 0 Å². The van der Waals surface area contributed by atoms with Gasteiger partial charge in [0.1, 0.15) is 0 Å². The molecule has 2 heterocycles. The maximum atomic E-state index is 11.8. The Kier molecular flexibility index (Phi) is 2.59. The van der Waals surface area contributed by atoms with E-state index >= 15 is 0 Å². The van der Waals surface area contributed by atoms with Crippen LogP contribution in [0.25, 0.3) is 0 Å².